The number of hydrogen-bond acceptors (Lipinski definition) is 4. The Morgan fingerprint density at radius 3 is 1.00 bits per heavy atom. The van der Waals surface area contributed by atoms with Gasteiger partial charge in [-0.15, -0.1) is 0 Å². The summed E-state index contributed by atoms with van der Waals surface area (Å²) in [5.74, 6) is 0. The van der Waals surface area contributed by atoms with Gasteiger partial charge in [0.1, 0.15) is 0 Å². The molecule has 0 spiro atoms. The third-order valence-corrected chi connectivity index (χ3v) is 5.11. The Labute approximate surface area is 142 Å². The lowest BCUT2D eigenvalue weighted by molar-refractivity contribution is 0.00578. The Morgan fingerprint density at radius 1 is 0.696 bits per heavy atom. The van der Waals surface area contributed by atoms with Crippen LogP contribution in [0.2, 0.25) is 0 Å². The normalized spacial score (nSPS) is 26.5. The number of rotatable bonds is 2. The highest BCUT2D eigenvalue weighted by Gasteiger charge is 2.63. The maximum Gasteiger partial charge on any atom is 0.488 e. The van der Waals surface area contributed by atoms with Gasteiger partial charge in [-0.2, -0.15) is 0 Å². The van der Waals surface area contributed by atoms with Gasteiger partial charge in [-0.3, -0.25) is 0 Å². The lowest BCUT2D eigenvalue weighted by Crippen LogP contribution is -2.41. The molecule has 23 heavy (non-hydrogen) atoms. The lowest BCUT2D eigenvalue weighted by Gasteiger charge is -2.32. The van der Waals surface area contributed by atoms with Crippen LogP contribution < -0.4 is 0 Å². The van der Waals surface area contributed by atoms with Crippen molar-refractivity contribution in [2.75, 3.05) is 0 Å². The zero-order valence-corrected chi connectivity index (χ0v) is 16.3. The molecule has 4 nitrogen and oxygen atoms in total. The topological polar surface area (TPSA) is 36.9 Å². The maximum atomic E-state index is 5.96. The van der Waals surface area contributed by atoms with Gasteiger partial charge in [-0.25, -0.2) is 0 Å². The molecule has 0 saturated carbocycles. The molecule has 0 radical (unpaired) electrons. The first-order valence-electron chi connectivity index (χ1n) is 8.14. The molecular formula is C17H32B2O4. The van der Waals surface area contributed by atoms with Crippen LogP contribution in [0.4, 0.5) is 0 Å². The summed E-state index contributed by atoms with van der Waals surface area (Å²) in [4.78, 5) is 0. The quantitative estimate of drug-likeness (QED) is 0.569. The van der Waals surface area contributed by atoms with E-state index >= 15 is 0 Å². The van der Waals surface area contributed by atoms with Crippen molar-refractivity contribution in [1.29, 1.82) is 0 Å². The molecule has 0 unspecified atom stereocenters. The average Bonchev–Trinajstić information content (AvgIpc) is 2.70. The zero-order valence-electron chi connectivity index (χ0n) is 16.3. The largest absolute Gasteiger partial charge is 0.488 e. The second-order valence-electron chi connectivity index (χ2n) is 8.30. The SMILES string of the molecule is C=CC(=C)C.CC1(C)OB(B2OC(C)(C)C(C)(C)O2)OC1(C)C. The molecule has 0 aliphatic carbocycles. The van der Waals surface area contributed by atoms with Crippen LogP contribution in [-0.4, -0.2) is 36.4 Å². The van der Waals surface area contributed by atoms with Gasteiger partial charge in [0.2, 0.25) is 0 Å². The summed E-state index contributed by atoms with van der Waals surface area (Å²) in [5.41, 5.74) is -0.421. The van der Waals surface area contributed by atoms with Gasteiger partial charge < -0.3 is 18.6 Å². The van der Waals surface area contributed by atoms with E-state index in [2.05, 4.69) is 13.2 Å². The fourth-order valence-corrected chi connectivity index (χ4v) is 2.00. The third kappa shape index (κ3) is 4.30. The van der Waals surface area contributed by atoms with Crippen molar-refractivity contribution in [3.63, 3.8) is 0 Å². The van der Waals surface area contributed by atoms with E-state index in [-0.39, 0.29) is 22.4 Å². The molecule has 2 heterocycles. The standard InChI is InChI=1S/C12H24B2O4.C5H8/c1-9(2)10(3,4)16-13(15-9)14-17-11(5,6)12(7,8)18-14;1-4-5(2)3/h1-8H3;4H,1-2H2,3H3. The summed E-state index contributed by atoms with van der Waals surface area (Å²) in [7, 11) is -0.952. The van der Waals surface area contributed by atoms with Gasteiger partial charge in [0.25, 0.3) is 0 Å². The van der Waals surface area contributed by atoms with Crippen molar-refractivity contribution < 1.29 is 18.6 Å². The molecule has 2 saturated heterocycles. The Kier molecular flexibility index (Phi) is 5.70. The minimum atomic E-state index is -0.476. The number of allylic oxidation sites excluding steroid dienone is 2. The van der Waals surface area contributed by atoms with Crippen molar-refractivity contribution >= 4 is 14.0 Å². The summed E-state index contributed by atoms with van der Waals surface area (Å²) >= 11 is 0. The van der Waals surface area contributed by atoms with E-state index in [1.807, 2.05) is 62.3 Å². The monoisotopic (exact) mass is 322 g/mol. The first-order valence-corrected chi connectivity index (χ1v) is 8.14. The molecular weight excluding hydrogens is 290 g/mol. The molecule has 2 aliphatic heterocycles. The Bertz CT molecular complexity index is 403. The van der Waals surface area contributed by atoms with Crippen molar-refractivity contribution in [1.82, 2.24) is 0 Å². The highest BCUT2D eigenvalue weighted by Crippen LogP contribution is 2.42. The second kappa shape index (κ2) is 6.40. The van der Waals surface area contributed by atoms with Crippen molar-refractivity contribution in [2.45, 2.75) is 84.7 Å². The van der Waals surface area contributed by atoms with E-state index in [0.717, 1.165) is 5.57 Å². The minimum Gasteiger partial charge on any atom is -0.405 e. The molecule has 0 amide bonds. The van der Waals surface area contributed by atoms with Crippen molar-refractivity contribution in [3.05, 3.63) is 24.8 Å². The fourth-order valence-electron chi connectivity index (χ4n) is 2.00. The molecule has 2 aliphatic rings. The number of hydrogen-bond donors (Lipinski definition) is 0. The Hall–Kier alpha value is -0.550. The van der Waals surface area contributed by atoms with Gasteiger partial charge in [0, 0.05) is 0 Å². The molecule has 0 aromatic rings. The summed E-state index contributed by atoms with van der Waals surface area (Å²) in [5, 5.41) is 0. The van der Waals surface area contributed by atoms with E-state index < -0.39 is 14.0 Å². The van der Waals surface area contributed by atoms with Crippen LogP contribution in [0.3, 0.4) is 0 Å². The van der Waals surface area contributed by atoms with E-state index in [1.54, 1.807) is 6.08 Å². The third-order valence-electron chi connectivity index (χ3n) is 5.11. The van der Waals surface area contributed by atoms with E-state index in [4.69, 9.17) is 18.6 Å². The van der Waals surface area contributed by atoms with Crippen LogP contribution in [0.1, 0.15) is 62.3 Å². The fraction of sp³-hybridized carbons (Fsp3) is 0.765. The molecule has 0 atom stereocenters. The van der Waals surface area contributed by atoms with Crippen LogP contribution >= 0.6 is 0 Å². The Morgan fingerprint density at radius 2 is 0.870 bits per heavy atom. The molecule has 0 aromatic heterocycles. The minimum absolute atomic E-state index is 0.360. The predicted octanol–water partition coefficient (Wildman–Crippen LogP) is 4.00. The first kappa shape index (κ1) is 20.5. The zero-order chi connectivity index (χ0) is 18.3. The first-order chi connectivity index (χ1) is 10.2. The average molecular weight is 322 g/mol. The van der Waals surface area contributed by atoms with Crippen LogP contribution in [0.5, 0.6) is 0 Å². The molecule has 2 fully saturated rings. The van der Waals surface area contributed by atoms with Gasteiger partial charge in [-0.1, -0.05) is 24.8 Å². The summed E-state index contributed by atoms with van der Waals surface area (Å²) in [6.07, 6.45) is 1.72. The highest BCUT2D eigenvalue weighted by atomic mass is 16.7. The van der Waals surface area contributed by atoms with E-state index in [9.17, 15) is 0 Å². The van der Waals surface area contributed by atoms with Crippen LogP contribution in [-0.2, 0) is 18.6 Å². The van der Waals surface area contributed by atoms with Gasteiger partial charge in [-0.05, 0) is 62.3 Å². The molecule has 130 valence electrons. The predicted molar refractivity (Wildman–Crippen MR) is 97.2 cm³/mol. The molecule has 6 heteroatoms. The maximum absolute atomic E-state index is 5.96. The van der Waals surface area contributed by atoms with Crippen LogP contribution in [0, 0.1) is 0 Å². The Balaban J connectivity index is 0.000000463. The van der Waals surface area contributed by atoms with Crippen molar-refractivity contribution in [3.8, 4) is 0 Å². The summed E-state index contributed by atoms with van der Waals surface area (Å²) in [6, 6.07) is 0. The molecule has 0 aromatic carbocycles. The van der Waals surface area contributed by atoms with Gasteiger partial charge in [0.05, 0.1) is 22.4 Å². The summed E-state index contributed by atoms with van der Waals surface area (Å²) in [6.45, 7) is 25.1. The van der Waals surface area contributed by atoms with Crippen LogP contribution in [0.15, 0.2) is 24.8 Å². The van der Waals surface area contributed by atoms with E-state index in [0.29, 0.717) is 0 Å². The molecule has 0 N–H and O–H groups in total. The van der Waals surface area contributed by atoms with Gasteiger partial charge >= 0.3 is 14.0 Å². The second-order valence-corrected chi connectivity index (χ2v) is 8.30. The van der Waals surface area contributed by atoms with Crippen molar-refractivity contribution in [2.24, 2.45) is 0 Å². The van der Waals surface area contributed by atoms with E-state index in [1.165, 1.54) is 0 Å². The van der Waals surface area contributed by atoms with Gasteiger partial charge in [0.15, 0.2) is 0 Å². The smallest absolute Gasteiger partial charge is 0.405 e. The highest BCUT2D eigenvalue weighted by molar-refractivity contribution is 7.11. The lowest BCUT2D eigenvalue weighted by atomic mass is 9.49. The van der Waals surface area contributed by atoms with Crippen LogP contribution in [0.25, 0.3) is 0 Å². The molecule has 2 rings (SSSR count). The molecule has 0 bridgehead atoms. The summed E-state index contributed by atoms with van der Waals surface area (Å²) < 4.78 is 23.8.